The molecule has 23 heavy (non-hydrogen) atoms. The summed E-state index contributed by atoms with van der Waals surface area (Å²) >= 11 is 0. The summed E-state index contributed by atoms with van der Waals surface area (Å²) in [5, 5.41) is 2.78. The van der Waals surface area contributed by atoms with Crippen LogP contribution < -0.4 is 5.32 Å². The van der Waals surface area contributed by atoms with Crippen LogP contribution in [0.4, 0.5) is 0 Å². The fourth-order valence-electron chi connectivity index (χ4n) is 2.66. The fourth-order valence-corrected chi connectivity index (χ4v) is 3.31. The Balaban J connectivity index is 2.24. The van der Waals surface area contributed by atoms with Gasteiger partial charge in [-0.25, -0.2) is 8.42 Å². The van der Waals surface area contributed by atoms with Crippen molar-refractivity contribution in [1.82, 2.24) is 10.2 Å². The summed E-state index contributed by atoms with van der Waals surface area (Å²) < 4.78 is 22.9. The van der Waals surface area contributed by atoms with Crippen LogP contribution in [0.15, 0.2) is 24.3 Å². The number of sulfone groups is 1. The minimum Gasteiger partial charge on any atom is -0.352 e. The van der Waals surface area contributed by atoms with Gasteiger partial charge in [-0.05, 0) is 31.9 Å². The summed E-state index contributed by atoms with van der Waals surface area (Å²) in [6.45, 7) is 3.98. The summed E-state index contributed by atoms with van der Waals surface area (Å²) in [5.74, 6) is -0.675. The highest BCUT2D eigenvalue weighted by atomic mass is 32.2. The van der Waals surface area contributed by atoms with Crippen LogP contribution in [0.5, 0.6) is 0 Å². The van der Waals surface area contributed by atoms with Crippen LogP contribution in [0, 0.1) is 0 Å². The Bertz CT molecular complexity index is 713. The zero-order valence-electron chi connectivity index (χ0n) is 13.6. The Morgan fingerprint density at radius 1 is 1.30 bits per heavy atom. The number of benzene rings is 1. The van der Waals surface area contributed by atoms with Crippen LogP contribution in [0.25, 0.3) is 0 Å². The third kappa shape index (κ3) is 4.31. The first kappa shape index (κ1) is 17.5. The second-order valence-electron chi connectivity index (χ2n) is 6.19. The lowest BCUT2D eigenvalue weighted by Crippen LogP contribution is -2.49. The van der Waals surface area contributed by atoms with Gasteiger partial charge < -0.3 is 10.2 Å². The van der Waals surface area contributed by atoms with Crippen molar-refractivity contribution in [2.75, 3.05) is 12.0 Å². The minimum absolute atomic E-state index is 0.0803. The van der Waals surface area contributed by atoms with Crippen molar-refractivity contribution in [3.63, 3.8) is 0 Å². The Labute approximate surface area is 136 Å². The molecule has 1 atom stereocenters. The average molecular weight is 338 g/mol. The van der Waals surface area contributed by atoms with Gasteiger partial charge in [0.2, 0.25) is 5.91 Å². The Hall–Kier alpha value is -1.89. The number of amides is 2. The van der Waals surface area contributed by atoms with Gasteiger partial charge in [-0.3, -0.25) is 9.59 Å². The molecule has 1 aromatic rings. The summed E-state index contributed by atoms with van der Waals surface area (Å²) in [5.41, 5.74) is 1.44. The van der Waals surface area contributed by atoms with Gasteiger partial charge in [-0.15, -0.1) is 0 Å². The van der Waals surface area contributed by atoms with Crippen LogP contribution in [0.3, 0.4) is 0 Å². The predicted molar refractivity (Wildman–Crippen MR) is 87.7 cm³/mol. The number of hydrogen-bond donors (Lipinski definition) is 1. The molecule has 0 radical (unpaired) electrons. The molecule has 1 unspecified atom stereocenters. The predicted octanol–water partition coefficient (Wildman–Crippen LogP) is 0.970. The molecule has 6 nitrogen and oxygen atoms in total. The van der Waals surface area contributed by atoms with E-state index in [9.17, 15) is 18.0 Å². The first-order chi connectivity index (χ1) is 10.7. The van der Waals surface area contributed by atoms with Crippen LogP contribution in [0.2, 0.25) is 0 Å². The van der Waals surface area contributed by atoms with E-state index in [1.807, 2.05) is 26.0 Å². The van der Waals surface area contributed by atoms with Crippen LogP contribution in [0.1, 0.15) is 36.2 Å². The lowest BCUT2D eigenvalue weighted by Gasteiger charge is -2.27. The molecule has 2 rings (SSSR count). The van der Waals surface area contributed by atoms with E-state index in [1.54, 1.807) is 12.1 Å². The number of rotatable bonds is 6. The van der Waals surface area contributed by atoms with Gasteiger partial charge in [0.05, 0.1) is 5.75 Å². The molecule has 0 saturated carbocycles. The Morgan fingerprint density at radius 2 is 1.96 bits per heavy atom. The number of nitrogens with zero attached hydrogens (tertiary/aromatic N) is 1. The lowest BCUT2D eigenvalue weighted by atomic mass is 10.1. The van der Waals surface area contributed by atoms with Crippen molar-refractivity contribution in [3.8, 4) is 0 Å². The second-order valence-corrected chi connectivity index (χ2v) is 8.45. The third-order valence-corrected chi connectivity index (χ3v) is 4.70. The van der Waals surface area contributed by atoms with Crippen molar-refractivity contribution in [3.05, 3.63) is 35.4 Å². The molecular formula is C16H22N2O4S. The number of hydrogen-bond acceptors (Lipinski definition) is 4. The molecule has 0 fully saturated rings. The number of carbonyl (C=O) groups excluding carboxylic acids is 2. The fraction of sp³-hybridized carbons (Fsp3) is 0.500. The summed E-state index contributed by atoms with van der Waals surface area (Å²) in [4.78, 5) is 26.5. The molecule has 0 saturated heterocycles. The van der Waals surface area contributed by atoms with E-state index in [0.29, 0.717) is 12.1 Å². The lowest BCUT2D eigenvalue weighted by molar-refractivity contribution is -0.126. The maximum Gasteiger partial charge on any atom is 0.255 e. The van der Waals surface area contributed by atoms with Crippen molar-refractivity contribution in [1.29, 1.82) is 0 Å². The molecule has 2 amide bonds. The monoisotopic (exact) mass is 338 g/mol. The smallest absolute Gasteiger partial charge is 0.255 e. The van der Waals surface area contributed by atoms with Crippen LogP contribution in [-0.4, -0.2) is 49.2 Å². The molecule has 7 heteroatoms. The van der Waals surface area contributed by atoms with Gasteiger partial charge >= 0.3 is 0 Å². The highest BCUT2D eigenvalue weighted by Gasteiger charge is 2.36. The van der Waals surface area contributed by atoms with E-state index >= 15 is 0 Å². The number of nitrogens with one attached hydrogen (secondary N) is 1. The first-order valence-corrected chi connectivity index (χ1v) is 9.62. The number of carbonyl (C=O) groups is 2. The van der Waals surface area contributed by atoms with Crippen molar-refractivity contribution in [2.24, 2.45) is 0 Å². The van der Waals surface area contributed by atoms with Gasteiger partial charge in [-0.1, -0.05) is 18.2 Å². The quantitative estimate of drug-likeness (QED) is 0.838. The van der Waals surface area contributed by atoms with Gasteiger partial charge in [-0.2, -0.15) is 0 Å². The molecule has 1 heterocycles. The van der Waals surface area contributed by atoms with E-state index in [1.165, 1.54) is 4.90 Å². The molecule has 0 bridgehead atoms. The van der Waals surface area contributed by atoms with E-state index in [4.69, 9.17) is 0 Å². The molecule has 1 aliphatic heterocycles. The molecule has 1 aliphatic rings. The Kier molecular flexibility index (Phi) is 5.09. The molecule has 126 valence electrons. The van der Waals surface area contributed by atoms with Gasteiger partial charge in [0, 0.05) is 24.4 Å². The van der Waals surface area contributed by atoms with Crippen molar-refractivity contribution < 1.29 is 18.0 Å². The standard InChI is InChI=1S/C16H22N2O4S/c1-11(2)17-15(19)14(8-9-23(3,21)22)18-10-12-6-4-5-7-13(12)16(18)20/h4-7,11,14H,8-10H2,1-3H3,(H,17,19). The highest BCUT2D eigenvalue weighted by molar-refractivity contribution is 7.90. The Morgan fingerprint density at radius 3 is 2.52 bits per heavy atom. The van der Waals surface area contributed by atoms with E-state index in [0.717, 1.165) is 11.8 Å². The second kappa shape index (κ2) is 6.70. The summed E-state index contributed by atoms with van der Waals surface area (Å²) in [6, 6.07) is 6.33. The minimum atomic E-state index is -3.21. The third-order valence-electron chi connectivity index (χ3n) is 3.72. The van der Waals surface area contributed by atoms with E-state index in [2.05, 4.69) is 5.32 Å². The van der Waals surface area contributed by atoms with Crippen molar-refractivity contribution >= 4 is 21.7 Å². The van der Waals surface area contributed by atoms with Crippen LogP contribution >= 0.6 is 0 Å². The summed E-state index contributed by atoms with van der Waals surface area (Å²) in [6.07, 6.45) is 1.22. The normalized spacial score (nSPS) is 15.7. The maximum atomic E-state index is 12.5. The molecular weight excluding hydrogens is 316 g/mol. The van der Waals surface area contributed by atoms with E-state index < -0.39 is 15.9 Å². The molecule has 0 spiro atoms. The molecule has 1 N–H and O–H groups in total. The maximum absolute atomic E-state index is 12.5. The SMILES string of the molecule is CC(C)NC(=O)C(CCS(C)(=O)=O)N1Cc2ccccc2C1=O. The zero-order chi connectivity index (χ0) is 17.2. The average Bonchev–Trinajstić information content (AvgIpc) is 2.75. The van der Waals surface area contributed by atoms with Crippen LogP contribution in [-0.2, 0) is 21.2 Å². The van der Waals surface area contributed by atoms with Gasteiger partial charge in [0.25, 0.3) is 5.91 Å². The number of fused-ring (bicyclic) bond motifs is 1. The molecule has 0 aromatic heterocycles. The molecule has 1 aromatic carbocycles. The van der Waals surface area contributed by atoms with Gasteiger partial charge in [0.1, 0.15) is 15.9 Å². The van der Waals surface area contributed by atoms with Gasteiger partial charge in [0.15, 0.2) is 0 Å². The molecule has 0 aliphatic carbocycles. The van der Waals surface area contributed by atoms with Crippen molar-refractivity contribution in [2.45, 2.75) is 38.9 Å². The largest absolute Gasteiger partial charge is 0.352 e. The zero-order valence-corrected chi connectivity index (χ0v) is 14.4. The topological polar surface area (TPSA) is 83.6 Å². The summed E-state index contributed by atoms with van der Waals surface area (Å²) in [7, 11) is -3.21. The van der Waals surface area contributed by atoms with E-state index in [-0.39, 0.29) is 30.0 Å². The highest BCUT2D eigenvalue weighted by Crippen LogP contribution is 2.25. The first-order valence-electron chi connectivity index (χ1n) is 7.56.